The Morgan fingerprint density at radius 1 is 1.21 bits per heavy atom. The Morgan fingerprint density at radius 3 is 2.38 bits per heavy atom. The minimum atomic E-state index is -3.20. The Bertz CT molecular complexity index is 527. The number of hydrogen-bond donors (Lipinski definition) is 1. The number of hydrogen-bond acceptors (Lipinski definition) is 4. The molecule has 0 radical (unpaired) electrons. The summed E-state index contributed by atoms with van der Waals surface area (Å²) in [6.07, 6.45) is 3.95. The molecule has 0 aromatic carbocycles. The SMILES string of the molecule is CC1CCN(C(=O)CCN2C[C@H](NS(C)(=O)=O)[C@@H](C(C)C)C2)CC1. The Balaban J connectivity index is 1.83. The minimum absolute atomic E-state index is 0.0501. The molecule has 140 valence electrons. The maximum absolute atomic E-state index is 12.4. The second-order valence-electron chi connectivity index (χ2n) is 7.98. The van der Waals surface area contributed by atoms with E-state index in [2.05, 4.69) is 30.4 Å². The molecule has 2 fully saturated rings. The van der Waals surface area contributed by atoms with E-state index >= 15 is 0 Å². The molecule has 0 saturated carbocycles. The molecule has 2 heterocycles. The fourth-order valence-electron chi connectivity index (χ4n) is 3.84. The first-order chi connectivity index (χ1) is 11.2. The molecule has 24 heavy (non-hydrogen) atoms. The molecule has 2 rings (SSSR count). The van der Waals surface area contributed by atoms with E-state index in [4.69, 9.17) is 0 Å². The summed E-state index contributed by atoms with van der Waals surface area (Å²) in [7, 11) is -3.20. The number of carbonyl (C=O) groups excluding carboxylic acids is 1. The van der Waals surface area contributed by atoms with Crippen LogP contribution in [0, 0.1) is 17.8 Å². The lowest BCUT2D eigenvalue weighted by molar-refractivity contribution is -0.132. The van der Waals surface area contributed by atoms with Gasteiger partial charge in [0.15, 0.2) is 0 Å². The van der Waals surface area contributed by atoms with Crippen molar-refractivity contribution in [3.8, 4) is 0 Å². The zero-order chi connectivity index (χ0) is 17.9. The molecule has 6 nitrogen and oxygen atoms in total. The van der Waals surface area contributed by atoms with Crippen molar-refractivity contribution in [2.45, 2.75) is 46.1 Å². The van der Waals surface area contributed by atoms with Crippen LogP contribution in [0.2, 0.25) is 0 Å². The molecule has 1 N–H and O–H groups in total. The molecule has 0 bridgehead atoms. The van der Waals surface area contributed by atoms with Gasteiger partial charge in [0.1, 0.15) is 0 Å². The molecular formula is C17H33N3O3S. The van der Waals surface area contributed by atoms with Gasteiger partial charge in [-0.2, -0.15) is 0 Å². The number of carbonyl (C=O) groups is 1. The average molecular weight is 360 g/mol. The molecule has 2 atom stereocenters. The number of likely N-dealkylation sites (tertiary alicyclic amines) is 2. The number of nitrogens with zero attached hydrogens (tertiary/aromatic N) is 2. The number of sulfonamides is 1. The summed E-state index contributed by atoms with van der Waals surface area (Å²) in [6.45, 7) is 10.5. The largest absolute Gasteiger partial charge is 0.343 e. The van der Waals surface area contributed by atoms with Crippen LogP contribution in [0.5, 0.6) is 0 Å². The van der Waals surface area contributed by atoms with Crippen molar-refractivity contribution in [3.05, 3.63) is 0 Å². The Kier molecular flexibility index (Phi) is 6.67. The molecule has 0 aliphatic carbocycles. The molecule has 1 amide bonds. The first kappa shape index (κ1) is 19.7. The Morgan fingerprint density at radius 2 is 1.83 bits per heavy atom. The van der Waals surface area contributed by atoms with Gasteiger partial charge in [0.2, 0.25) is 15.9 Å². The van der Waals surface area contributed by atoms with Crippen molar-refractivity contribution in [2.24, 2.45) is 17.8 Å². The molecule has 2 aliphatic rings. The van der Waals surface area contributed by atoms with E-state index < -0.39 is 10.0 Å². The summed E-state index contributed by atoms with van der Waals surface area (Å²) in [6, 6.07) is -0.0501. The van der Waals surface area contributed by atoms with Gasteiger partial charge in [-0.1, -0.05) is 20.8 Å². The van der Waals surface area contributed by atoms with Crippen LogP contribution >= 0.6 is 0 Å². The van der Waals surface area contributed by atoms with Crippen molar-refractivity contribution in [1.29, 1.82) is 0 Å². The van der Waals surface area contributed by atoms with E-state index in [-0.39, 0.29) is 11.9 Å². The first-order valence-corrected chi connectivity index (χ1v) is 11.0. The minimum Gasteiger partial charge on any atom is -0.343 e. The lowest BCUT2D eigenvalue weighted by Gasteiger charge is -2.30. The van der Waals surface area contributed by atoms with Gasteiger partial charge in [-0.25, -0.2) is 13.1 Å². The van der Waals surface area contributed by atoms with Crippen LogP contribution in [-0.4, -0.2) is 69.1 Å². The maximum Gasteiger partial charge on any atom is 0.223 e. The zero-order valence-corrected chi connectivity index (χ0v) is 16.3. The Hall–Kier alpha value is -0.660. The number of nitrogens with one attached hydrogen (secondary N) is 1. The summed E-state index contributed by atoms with van der Waals surface area (Å²) in [5.74, 6) is 1.67. The second kappa shape index (κ2) is 8.15. The molecule has 0 aromatic rings. The highest BCUT2D eigenvalue weighted by Gasteiger charge is 2.36. The molecule has 7 heteroatoms. The van der Waals surface area contributed by atoms with Crippen LogP contribution in [0.25, 0.3) is 0 Å². The quantitative estimate of drug-likeness (QED) is 0.772. The third-order valence-electron chi connectivity index (χ3n) is 5.44. The second-order valence-corrected chi connectivity index (χ2v) is 9.76. The van der Waals surface area contributed by atoms with Gasteiger partial charge in [-0.05, 0) is 30.6 Å². The van der Waals surface area contributed by atoms with E-state index in [1.54, 1.807) is 0 Å². The molecule has 0 aromatic heterocycles. The topological polar surface area (TPSA) is 69.7 Å². The average Bonchev–Trinajstić information content (AvgIpc) is 2.86. The van der Waals surface area contributed by atoms with Crippen LogP contribution in [0.3, 0.4) is 0 Å². The van der Waals surface area contributed by atoms with Crippen molar-refractivity contribution in [1.82, 2.24) is 14.5 Å². The van der Waals surface area contributed by atoms with Crippen LogP contribution < -0.4 is 4.72 Å². The van der Waals surface area contributed by atoms with Gasteiger partial charge in [-0.15, -0.1) is 0 Å². The van der Waals surface area contributed by atoms with Crippen LogP contribution in [0.1, 0.15) is 40.0 Å². The van der Waals surface area contributed by atoms with Gasteiger partial charge in [0, 0.05) is 45.2 Å². The van der Waals surface area contributed by atoms with E-state index in [0.29, 0.717) is 24.8 Å². The summed E-state index contributed by atoms with van der Waals surface area (Å²) >= 11 is 0. The van der Waals surface area contributed by atoms with Crippen LogP contribution in [-0.2, 0) is 14.8 Å². The fourth-order valence-corrected chi connectivity index (χ4v) is 4.64. The molecule has 0 spiro atoms. The standard InChI is InChI=1S/C17H33N3O3S/c1-13(2)15-11-19(12-16(15)18-24(4,22)23)8-7-17(21)20-9-5-14(3)6-10-20/h13-16,18H,5-12H2,1-4H3/t15-,16+/m1/s1. The van der Waals surface area contributed by atoms with E-state index in [9.17, 15) is 13.2 Å². The normalized spacial score (nSPS) is 27.1. The van der Waals surface area contributed by atoms with Crippen LogP contribution in [0.4, 0.5) is 0 Å². The lowest BCUT2D eigenvalue weighted by Crippen LogP contribution is -2.41. The summed E-state index contributed by atoms with van der Waals surface area (Å²) in [4.78, 5) is 16.6. The zero-order valence-electron chi connectivity index (χ0n) is 15.5. The third kappa shape index (κ3) is 5.70. The van der Waals surface area contributed by atoms with Gasteiger partial charge in [-0.3, -0.25) is 4.79 Å². The van der Waals surface area contributed by atoms with Crippen LogP contribution in [0.15, 0.2) is 0 Å². The van der Waals surface area contributed by atoms with Crippen molar-refractivity contribution >= 4 is 15.9 Å². The van der Waals surface area contributed by atoms with Gasteiger partial charge in [0.25, 0.3) is 0 Å². The highest BCUT2D eigenvalue weighted by Crippen LogP contribution is 2.25. The van der Waals surface area contributed by atoms with E-state index in [1.165, 1.54) is 6.26 Å². The molecule has 2 saturated heterocycles. The molecule has 0 unspecified atom stereocenters. The van der Waals surface area contributed by atoms with Crippen molar-refractivity contribution in [3.63, 3.8) is 0 Å². The predicted octanol–water partition coefficient (Wildman–Crippen LogP) is 1.14. The molecular weight excluding hydrogens is 326 g/mol. The smallest absolute Gasteiger partial charge is 0.223 e. The van der Waals surface area contributed by atoms with Gasteiger partial charge >= 0.3 is 0 Å². The first-order valence-electron chi connectivity index (χ1n) is 9.13. The highest BCUT2D eigenvalue weighted by molar-refractivity contribution is 7.88. The van der Waals surface area contributed by atoms with Crippen molar-refractivity contribution < 1.29 is 13.2 Å². The fraction of sp³-hybridized carbons (Fsp3) is 0.941. The maximum atomic E-state index is 12.4. The summed E-state index contributed by atoms with van der Waals surface area (Å²) < 4.78 is 25.9. The molecule has 2 aliphatic heterocycles. The Labute approximate surface area is 147 Å². The third-order valence-corrected chi connectivity index (χ3v) is 6.17. The lowest BCUT2D eigenvalue weighted by atomic mass is 9.92. The highest BCUT2D eigenvalue weighted by atomic mass is 32.2. The van der Waals surface area contributed by atoms with Gasteiger partial charge < -0.3 is 9.80 Å². The van der Waals surface area contributed by atoms with E-state index in [1.807, 2.05) is 4.90 Å². The van der Waals surface area contributed by atoms with E-state index in [0.717, 1.165) is 44.9 Å². The number of rotatable bonds is 6. The predicted molar refractivity (Wildman–Crippen MR) is 96.1 cm³/mol. The summed E-state index contributed by atoms with van der Waals surface area (Å²) in [5, 5.41) is 0. The number of amides is 1. The van der Waals surface area contributed by atoms with Crippen molar-refractivity contribution in [2.75, 3.05) is 39.0 Å². The number of piperidine rings is 1. The monoisotopic (exact) mass is 359 g/mol. The van der Waals surface area contributed by atoms with Gasteiger partial charge in [0.05, 0.1) is 6.26 Å². The summed E-state index contributed by atoms with van der Waals surface area (Å²) in [5.41, 5.74) is 0.